The Morgan fingerprint density at radius 2 is 1.06 bits per heavy atom. The first kappa shape index (κ1) is 18.0. The van der Waals surface area contributed by atoms with Gasteiger partial charge in [-0.2, -0.15) is 0 Å². The van der Waals surface area contributed by atoms with Crippen LogP contribution in [0.4, 0.5) is 0 Å². The van der Waals surface area contributed by atoms with Crippen LogP contribution in [0.25, 0.3) is 0 Å². The van der Waals surface area contributed by atoms with Crippen LogP contribution in [-0.4, -0.2) is 11.7 Å². The summed E-state index contributed by atoms with van der Waals surface area (Å²) in [7, 11) is 0. The Hall–Kier alpha value is -0.0400. The van der Waals surface area contributed by atoms with Crippen molar-refractivity contribution in [1.29, 1.82) is 0 Å². The molecular formula is C17H36O. The first-order valence-electron chi connectivity index (χ1n) is 8.42. The zero-order valence-corrected chi connectivity index (χ0v) is 12.9. The average Bonchev–Trinajstić information content (AvgIpc) is 2.39. The summed E-state index contributed by atoms with van der Waals surface area (Å²) in [6, 6.07) is 0. The molecule has 0 bridgehead atoms. The van der Waals surface area contributed by atoms with Crippen LogP contribution in [0.1, 0.15) is 97.3 Å². The highest BCUT2D eigenvalue weighted by molar-refractivity contribution is 4.52. The highest BCUT2D eigenvalue weighted by Crippen LogP contribution is 2.15. The molecule has 0 aliphatic carbocycles. The number of hydrogen-bond acceptors (Lipinski definition) is 1. The van der Waals surface area contributed by atoms with Gasteiger partial charge in [-0.05, 0) is 12.3 Å². The van der Waals surface area contributed by atoms with E-state index in [1.54, 1.807) is 0 Å². The van der Waals surface area contributed by atoms with Crippen molar-refractivity contribution in [2.45, 2.75) is 97.3 Å². The van der Waals surface area contributed by atoms with Crippen LogP contribution in [-0.2, 0) is 0 Å². The molecule has 0 aliphatic rings. The van der Waals surface area contributed by atoms with Crippen LogP contribution >= 0.6 is 0 Å². The maximum atomic E-state index is 8.66. The summed E-state index contributed by atoms with van der Waals surface area (Å²) >= 11 is 0. The van der Waals surface area contributed by atoms with Gasteiger partial charge in [-0.1, -0.05) is 90.9 Å². The fourth-order valence-electron chi connectivity index (χ4n) is 2.40. The number of rotatable bonds is 14. The summed E-state index contributed by atoms with van der Waals surface area (Å²) in [6.07, 6.45) is 17.7. The van der Waals surface area contributed by atoms with Gasteiger partial charge in [0.15, 0.2) is 0 Å². The highest BCUT2D eigenvalue weighted by atomic mass is 16.2. The molecule has 0 rings (SSSR count). The van der Waals surface area contributed by atoms with Crippen molar-refractivity contribution < 1.29 is 5.11 Å². The quantitative estimate of drug-likeness (QED) is 0.395. The van der Waals surface area contributed by atoms with E-state index in [1.807, 2.05) is 0 Å². The van der Waals surface area contributed by atoms with Gasteiger partial charge >= 0.3 is 0 Å². The second-order valence-corrected chi connectivity index (χ2v) is 5.91. The molecule has 0 fully saturated rings. The minimum atomic E-state index is 0.372. The molecule has 0 heterocycles. The van der Waals surface area contributed by atoms with Gasteiger partial charge in [0.25, 0.3) is 0 Å². The van der Waals surface area contributed by atoms with Crippen LogP contribution in [0.3, 0.4) is 0 Å². The Bertz CT molecular complexity index is 145. The molecule has 0 unspecified atom stereocenters. The third-order valence-electron chi connectivity index (χ3n) is 4.05. The van der Waals surface area contributed by atoms with Crippen molar-refractivity contribution in [1.82, 2.24) is 0 Å². The van der Waals surface area contributed by atoms with Crippen LogP contribution in [0.15, 0.2) is 0 Å². The first-order chi connectivity index (χ1) is 8.81. The van der Waals surface area contributed by atoms with Gasteiger partial charge in [0.05, 0.1) is 0 Å². The van der Waals surface area contributed by atoms with E-state index in [1.165, 1.54) is 77.0 Å². The molecule has 0 spiro atoms. The molecule has 0 aromatic rings. The number of aliphatic hydroxyl groups excluding tert-OH is 1. The lowest BCUT2D eigenvalue weighted by Gasteiger charge is -2.07. The first-order valence-corrected chi connectivity index (χ1v) is 8.42. The van der Waals surface area contributed by atoms with E-state index >= 15 is 0 Å². The van der Waals surface area contributed by atoms with E-state index in [2.05, 4.69) is 13.8 Å². The fourth-order valence-corrected chi connectivity index (χ4v) is 2.40. The smallest absolute Gasteiger partial charge is 0.0431 e. The molecule has 0 saturated carbocycles. The normalized spacial score (nSPS) is 12.8. The fraction of sp³-hybridized carbons (Fsp3) is 1.00. The molecular weight excluding hydrogens is 220 g/mol. The van der Waals surface area contributed by atoms with Gasteiger partial charge in [0, 0.05) is 6.61 Å². The molecule has 0 radical (unpaired) electrons. The van der Waals surface area contributed by atoms with Crippen molar-refractivity contribution >= 4 is 0 Å². The Balaban J connectivity index is 2.94. The van der Waals surface area contributed by atoms with Gasteiger partial charge < -0.3 is 5.11 Å². The highest BCUT2D eigenvalue weighted by Gasteiger charge is 1.98. The summed E-state index contributed by atoms with van der Waals surface area (Å²) in [4.78, 5) is 0. The van der Waals surface area contributed by atoms with E-state index in [4.69, 9.17) is 5.11 Å². The van der Waals surface area contributed by atoms with E-state index in [-0.39, 0.29) is 0 Å². The lowest BCUT2D eigenvalue weighted by atomic mass is 9.99. The van der Waals surface area contributed by atoms with E-state index in [9.17, 15) is 0 Å². The molecule has 0 aromatic heterocycles. The molecule has 1 N–H and O–H groups in total. The van der Waals surface area contributed by atoms with Gasteiger partial charge in [-0.15, -0.1) is 0 Å². The zero-order valence-electron chi connectivity index (χ0n) is 12.9. The van der Waals surface area contributed by atoms with Gasteiger partial charge in [0.1, 0.15) is 0 Å². The van der Waals surface area contributed by atoms with Crippen molar-refractivity contribution in [2.24, 2.45) is 5.92 Å². The molecule has 0 aliphatic heterocycles. The van der Waals surface area contributed by atoms with Crippen LogP contribution in [0, 0.1) is 5.92 Å². The molecule has 1 atom stereocenters. The molecule has 18 heavy (non-hydrogen) atoms. The molecule has 0 aromatic carbocycles. The Labute approximate surface area is 115 Å². The monoisotopic (exact) mass is 256 g/mol. The van der Waals surface area contributed by atoms with E-state index in [0.717, 1.165) is 12.3 Å². The maximum absolute atomic E-state index is 8.66. The van der Waals surface area contributed by atoms with Crippen LogP contribution < -0.4 is 0 Å². The third-order valence-corrected chi connectivity index (χ3v) is 4.05. The standard InChI is InChI=1S/C17H36O/c1-3-17(2)15-13-11-9-7-5-4-6-8-10-12-14-16-18/h17-18H,3-16H2,1-2H3/t17-/m0/s1. The largest absolute Gasteiger partial charge is 0.396 e. The van der Waals surface area contributed by atoms with Gasteiger partial charge in [-0.25, -0.2) is 0 Å². The van der Waals surface area contributed by atoms with Crippen LogP contribution in [0.5, 0.6) is 0 Å². The minimum Gasteiger partial charge on any atom is -0.396 e. The topological polar surface area (TPSA) is 20.2 Å². The molecule has 0 saturated heterocycles. The second kappa shape index (κ2) is 15.0. The predicted molar refractivity (Wildman–Crippen MR) is 81.9 cm³/mol. The summed E-state index contributed by atoms with van der Waals surface area (Å²) in [5.74, 6) is 0.934. The summed E-state index contributed by atoms with van der Waals surface area (Å²) < 4.78 is 0. The lowest BCUT2D eigenvalue weighted by Crippen LogP contribution is -1.91. The van der Waals surface area contributed by atoms with Crippen molar-refractivity contribution in [2.75, 3.05) is 6.61 Å². The maximum Gasteiger partial charge on any atom is 0.0431 e. The average molecular weight is 256 g/mol. The third kappa shape index (κ3) is 14.0. The lowest BCUT2D eigenvalue weighted by molar-refractivity contribution is 0.282. The van der Waals surface area contributed by atoms with Gasteiger partial charge in [-0.3, -0.25) is 0 Å². The SMILES string of the molecule is CC[C@H](C)CCCCCCCCCCCCCO. The van der Waals surface area contributed by atoms with Crippen LogP contribution in [0.2, 0.25) is 0 Å². The summed E-state index contributed by atoms with van der Waals surface area (Å²) in [5.41, 5.74) is 0. The van der Waals surface area contributed by atoms with Crippen molar-refractivity contribution in [3.05, 3.63) is 0 Å². The number of hydrogen-bond donors (Lipinski definition) is 1. The minimum absolute atomic E-state index is 0.372. The van der Waals surface area contributed by atoms with Crippen molar-refractivity contribution in [3.63, 3.8) is 0 Å². The van der Waals surface area contributed by atoms with Gasteiger partial charge in [0.2, 0.25) is 0 Å². The molecule has 1 nitrogen and oxygen atoms in total. The molecule has 1 heteroatoms. The predicted octanol–water partition coefficient (Wildman–Crippen LogP) is 5.71. The van der Waals surface area contributed by atoms with E-state index < -0.39 is 0 Å². The molecule has 110 valence electrons. The van der Waals surface area contributed by atoms with Crippen molar-refractivity contribution in [3.8, 4) is 0 Å². The summed E-state index contributed by atoms with van der Waals surface area (Å²) in [5, 5.41) is 8.66. The van der Waals surface area contributed by atoms with E-state index in [0.29, 0.717) is 6.61 Å². The Morgan fingerprint density at radius 1 is 0.667 bits per heavy atom. The Morgan fingerprint density at radius 3 is 1.44 bits per heavy atom. The number of aliphatic hydroxyl groups is 1. The second-order valence-electron chi connectivity index (χ2n) is 5.91. The summed E-state index contributed by atoms with van der Waals surface area (Å²) in [6.45, 7) is 5.04. The zero-order chi connectivity index (χ0) is 13.5. The number of unbranched alkanes of at least 4 members (excludes halogenated alkanes) is 10. The Kier molecular flexibility index (Phi) is 15.0. The molecule has 0 amide bonds.